The van der Waals surface area contributed by atoms with Gasteiger partial charge in [0, 0.05) is 0 Å². The second-order valence-electron chi connectivity index (χ2n) is 5.01. The molecule has 24 heavy (non-hydrogen) atoms. The van der Waals surface area contributed by atoms with E-state index in [9.17, 15) is 0 Å². The summed E-state index contributed by atoms with van der Waals surface area (Å²) in [6, 6.07) is 13.8. The summed E-state index contributed by atoms with van der Waals surface area (Å²) in [4.78, 5) is 6.13. The van der Waals surface area contributed by atoms with E-state index in [0.717, 1.165) is 26.7 Å². The smallest absolute Gasteiger partial charge is 0.228 e. The molecule has 0 fully saturated rings. The van der Waals surface area contributed by atoms with Crippen LogP contribution in [0.15, 0.2) is 52.0 Å². The molecule has 0 bridgehead atoms. The van der Waals surface area contributed by atoms with E-state index in [-0.39, 0.29) is 0 Å². The molecule has 0 spiro atoms. The first-order valence-corrected chi connectivity index (χ1v) is 9.37. The predicted molar refractivity (Wildman–Crippen MR) is 97.3 cm³/mol. The first-order chi connectivity index (χ1) is 11.7. The molecule has 0 unspecified atom stereocenters. The fraction of sp³-hybridized carbons (Fsp3) is 0.125. The Kier molecular flexibility index (Phi) is 4.22. The van der Waals surface area contributed by atoms with Crippen LogP contribution in [0.1, 0.15) is 12.5 Å². The fourth-order valence-electron chi connectivity index (χ4n) is 2.37. The molecule has 2 aromatic heterocycles. The number of fused-ring (bicyclic) bond motifs is 1. The van der Waals surface area contributed by atoms with Crippen molar-refractivity contribution in [2.24, 2.45) is 0 Å². The van der Waals surface area contributed by atoms with E-state index in [1.54, 1.807) is 16.1 Å². The van der Waals surface area contributed by atoms with Gasteiger partial charge in [0.15, 0.2) is 4.34 Å². The topological polar surface area (TPSA) is 56.5 Å². The van der Waals surface area contributed by atoms with Crippen LogP contribution in [-0.4, -0.2) is 25.2 Å². The number of tetrazole rings is 1. The van der Waals surface area contributed by atoms with Gasteiger partial charge in [0.25, 0.3) is 0 Å². The maximum Gasteiger partial charge on any atom is 0.238 e. The zero-order chi connectivity index (χ0) is 16.5. The number of halogens is 1. The summed E-state index contributed by atoms with van der Waals surface area (Å²) >= 11 is 9.14. The van der Waals surface area contributed by atoms with Crippen LogP contribution in [0.4, 0.5) is 0 Å². The van der Waals surface area contributed by atoms with Gasteiger partial charge in [0.2, 0.25) is 5.16 Å². The van der Waals surface area contributed by atoms with Crippen molar-refractivity contribution in [3.05, 3.63) is 53.1 Å². The average molecular weight is 374 g/mol. The van der Waals surface area contributed by atoms with Crippen LogP contribution in [0.25, 0.3) is 15.9 Å². The second kappa shape index (κ2) is 6.51. The molecule has 0 atom stereocenters. The third kappa shape index (κ3) is 2.90. The lowest BCUT2D eigenvalue weighted by molar-refractivity contribution is 0.709. The van der Waals surface area contributed by atoms with Gasteiger partial charge in [0.05, 0.1) is 15.4 Å². The molecule has 0 saturated heterocycles. The minimum absolute atomic E-state index is 0.566. The summed E-state index contributed by atoms with van der Waals surface area (Å²) in [5.74, 6) is 0. The molecule has 0 radical (unpaired) electrons. The molecule has 0 aliphatic carbocycles. The highest BCUT2D eigenvalue weighted by atomic mass is 35.5. The number of nitrogens with zero attached hydrogens (tertiary/aromatic N) is 5. The number of aryl methyl sites for hydroxylation is 1. The largest absolute Gasteiger partial charge is 0.238 e. The molecule has 2 aromatic carbocycles. The molecule has 0 N–H and O–H groups in total. The van der Waals surface area contributed by atoms with Gasteiger partial charge in [-0.15, -0.1) is 26.3 Å². The van der Waals surface area contributed by atoms with Gasteiger partial charge in [0.1, 0.15) is 5.52 Å². The summed E-state index contributed by atoms with van der Waals surface area (Å²) in [6.07, 6.45) is 0.913. The number of aromatic nitrogens is 5. The van der Waals surface area contributed by atoms with Crippen LogP contribution in [-0.2, 0) is 6.42 Å². The van der Waals surface area contributed by atoms with Crippen LogP contribution in [0.3, 0.4) is 0 Å². The summed E-state index contributed by atoms with van der Waals surface area (Å²) in [6.45, 7) is 2.11. The Balaban J connectivity index is 1.64. The predicted octanol–water partition coefficient (Wildman–Crippen LogP) is 4.64. The van der Waals surface area contributed by atoms with Crippen molar-refractivity contribution in [1.29, 1.82) is 0 Å². The summed E-state index contributed by atoms with van der Waals surface area (Å²) in [5, 5.41) is 14.0. The molecular weight excluding hydrogens is 362 g/mol. The Bertz CT molecular complexity index is 1010. The van der Waals surface area contributed by atoms with Crippen molar-refractivity contribution in [2.45, 2.75) is 22.8 Å². The van der Waals surface area contributed by atoms with Crippen molar-refractivity contribution >= 4 is 44.9 Å². The zero-order valence-corrected chi connectivity index (χ0v) is 15.1. The Hall–Kier alpha value is -1.96. The second-order valence-corrected chi connectivity index (χ2v) is 7.66. The standard InChI is InChI=1S/C16H12ClN5S2/c1-2-10-6-3-4-8-12(10)22-20-15(19-21-22)24-16-18-14-11(17)7-5-9-13(14)23-16/h3-9H,2H2,1H3. The Morgan fingerprint density at radius 2 is 2.04 bits per heavy atom. The van der Waals surface area contributed by atoms with Crippen molar-refractivity contribution < 1.29 is 0 Å². The van der Waals surface area contributed by atoms with Gasteiger partial charge < -0.3 is 0 Å². The van der Waals surface area contributed by atoms with E-state index in [0.29, 0.717) is 10.2 Å². The zero-order valence-electron chi connectivity index (χ0n) is 12.7. The lowest BCUT2D eigenvalue weighted by Crippen LogP contribution is -2.02. The van der Waals surface area contributed by atoms with Crippen LogP contribution >= 0.6 is 34.7 Å². The molecule has 4 rings (SSSR count). The van der Waals surface area contributed by atoms with E-state index in [2.05, 4.69) is 33.4 Å². The van der Waals surface area contributed by atoms with Crippen LogP contribution < -0.4 is 0 Å². The molecular formula is C16H12ClN5S2. The lowest BCUT2D eigenvalue weighted by atomic mass is 10.1. The van der Waals surface area contributed by atoms with Gasteiger partial charge in [-0.1, -0.05) is 42.8 Å². The number of rotatable bonds is 4. The molecule has 5 nitrogen and oxygen atoms in total. The highest BCUT2D eigenvalue weighted by molar-refractivity contribution is 8.01. The number of thiazole rings is 1. The highest BCUT2D eigenvalue weighted by Gasteiger charge is 2.13. The molecule has 8 heteroatoms. The third-order valence-corrected chi connectivity index (χ3v) is 5.74. The number of hydrogen-bond donors (Lipinski definition) is 0. The number of benzene rings is 2. The van der Waals surface area contributed by atoms with Gasteiger partial charge in [-0.2, -0.15) is 0 Å². The molecule has 120 valence electrons. The van der Waals surface area contributed by atoms with E-state index >= 15 is 0 Å². The summed E-state index contributed by atoms with van der Waals surface area (Å²) in [7, 11) is 0. The van der Waals surface area contributed by atoms with Crippen LogP contribution in [0, 0.1) is 0 Å². The van der Waals surface area contributed by atoms with Crippen molar-refractivity contribution in [3.8, 4) is 5.69 Å². The number of hydrogen-bond acceptors (Lipinski definition) is 6. The minimum Gasteiger partial charge on any atom is -0.228 e. The Labute approximate surface area is 151 Å². The Morgan fingerprint density at radius 3 is 2.88 bits per heavy atom. The molecule has 4 aromatic rings. The Morgan fingerprint density at radius 1 is 1.17 bits per heavy atom. The van der Waals surface area contributed by atoms with Crippen molar-refractivity contribution in [3.63, 3.8) is 0 Å². The van der Waals surface area contributed by atoms with E-state index in [4.69, 9.17) is 11.6 Å². The first-order valence-electron chi connectivity index (χ1n) is 7.36. The molecule has 0 aliphatic rings. The molecule has 0 amide bonds. The fourth-order valence-corrected chi connectivity index (χ4v) is 4.51. The van der Waals surface area contributed by atoms with Gasteiger partial charge in [-0.3, -0.25) is 0 Å². The highest BCUT2D eigenvalue weighted by Crippen LogP contribution is 2.35. The first kappa shape index (κ1) is 15.6. The lowest BCUT2D eigenvalue weighted by Gasteiger charge is -2.04. The van der Waals surface area contributed by atoms with Crippen LogP contribution in [0.2, 0.25) is 5.02 Å². The quantitative estimate of drug-likeness (QED) is 0.521. The third-order valence-electron chi connectivity index (χ3n) is 3.51. The summed E-state index contributed by atoms with van der Waals surface area (Å²) < 4.78 is 1.90. The molecule has 2 heterocycles. The van der Waals surface area contributed by atoms with Gasteiger partial charge >= 0.3 is 0 Å². The van der Waals surface area contributed by atoms with E-state index in [1.165, 1.54) is 17.3 Å². The van der Waals surface area contributed by atoms with E-state index in [1.807, 2.05) is 36.4 Å². The average Bonchev–Trinajstić information content (AvgIpc) is 3.22. The minimum atomic E-state index is 0.566. The molecule has 0 aliphatic heterocycles. The van der Waals surface area contributed by atoms with Crippen molar-refractivity contribution in [1.82, 2.24) is 25.2 Å². The van der Waals surface area contributed by atoms with Crippen molar-refractivity contribution in [2.75, 3.05) is 0 Å². The SMILES string of the molecule is CCc1ccccc1-n1nnc(Sc2nc3c(Cl)cccc3s2)n1. The number of para-hydroxylation sites is 2. The van der Waals surface area contributed by atoms with Crippen LogP contribution in [0.5, 0.6) is 0 Å². The monoisotopic (exact) mass is 373 g/mol. The van der Waals surface area contributed by atoms with Gasteiger partial charge in [-0.25, -0.2) is 4.98 Å². The maximum atomic E-state index is 6.18. The molecule has 0 saturated carbocycles. The maximum absolute atomic E-state index is 6.18. The van der Waals surface area contributed by atoms with Gasteiger partial charge in [-0.05, 0) is 47.2 Å². The van der Waals surface area contributed by atoms with E-state index < -0.39 is 0 Å². The summed E-state index contributed by atoms with van der Waals surface area (Å²) in [5.41, 5.74) is 2.94. The normalized spacial score (nSPS) is 11.2.